The van der Waals surface area contributed by atoms with Crippen molar-refractivity contribution in [2.24, 2.45) is 17.1 Å². The number of primary amides is 1. The molecule has 19 heavy (non-hydrogen) atoms. The molecule has 1 atom stereocenters. The molecule has 1 aliphatic rings. The van der Waals surface area contributed by atoms with Crippen LogP contribution in [0.2, 0.25) is 0 Å². The topological polar surface area (TPSA) is 113 Å². The Morgan fingerprint density at radius 2 is 2.16 bits per heavy atom. The maximum atomic E-state index is 12.4. The molecule has 0 aliphatic carbocycles. The molecule has 0 spiro atoms. The summed E-state index contributed by atoms with van der Waals surface area (Å²) in [7, 11) is 0. The number of hydroxylamine groups is 1. The van der Waals surface area contributed by atoms with E-state index in [9.17, 15) is 14.4 Å². The summed E-state index contributed by atoms with van der Waals surface area (Å²) < 4.78 is 0. The zero-order chi connectivity index (χ0) is 14.6. The van der Waals surface area contributed by atoms with Crippen LogP contribution in [-0.2, 0) is 14.4 Å². The number of nitrogens with two attached hydrogens (primary N) is 1. The monoisotopic (exact) mass is 271 g/mol. The van der Waals surface area contributed by atoms with Gasteiger partial charge >= 0.3 is 0 Å². The van der Waals surface area contributed by atoms with Crippen molar-refractivity contribution in [3.8, 4) is 0 Å². The van der Waals surface area contributed by atoms with E-state index < -0.39 is 17.2 Å². The number of nitrogens with zero attached hydrogens (tertiary/aromatic N) is 1. The highest BCUT2D eigenvalue weighted by atomic mass is 16.5. The summed E-state index contributed by atoms with van der Waals surface area (Å²) in [4.78, 5) is 36.1. The fourth-order valence-corrected chi connectivity index (χ4v) is 2.79. The van der Waals surface area contributed by atoms with E-state index >= 15 is 0 Å². The molecule has 0 aromatic heterocycles. The number of carbonyl (C=O) groups excluding carboxylic acids is 3. The van der Waals surface area contributed by atoms with Gasteiger partial charge in [0.15, 0.2) is 0 Å². The molecular formula is C12H21N3O4. The van der Waals surface area contributed by atoms with Gasteiger partial charge in [-0.2, -0.15) is 0 Å². The number of amides is 3. The summed E-state index contributed by atoms with van der Waals surface area (Å²) in [5.74, 6) is -1.16. The van der Waals surface area contributed by atoms with Gasteiger partial charge in [-0.3, -0.25) is 19.6 Å². The van der Waals surface area contributed by atoms with Crippen molar-refractivity contribution in [1.29, 1.82) is 0 Å². The zero-order valence-corrected chi connectivity index (χ0v) is 11.3. The molecule has 4 N–H and O–H groups in total. The van der Waals surface area contributed by atoms with Gasteiger partial charge in [0, 0.05) is 13.0 Å². The van der Waals surface area contributed by atoms with Crippen LogP contribution >= 0.6 is 0 Å². The van der Waals surface area contributed by atoms with Crippen molar-refractivity contribution >= 4 is 17.7 Å². The second-order valence-corrected chi connectivity index (χ2v) is 5.53. The lowest BCUT2D eigenvalue weighted by molar-refractivity contribution is -0.144. The van der Waals surface area contributed by atoms with E-state index in [1.54, 1.807) is 5.48 Å². The van der Waals surface area contributed by atoms with Crippen LogP contribution in [0.5, 0.6) is 0 Å². The maximum Gasteiger partial charge on any atom is 0.244 e. The minimum atomic E-state index is -0.837. The van der Waals surface area contributed by atoms with Crippen LogP contribution in [0, 0.1) is 11.3 Å². The Balaban J connectivity index is 2.89. The van der Waals surface area contributed by atoms with Gasteiger partial charge in [-0.1, -0.05) is 13.8 Å². The summed E-state index contributed by atoms with van der Waals surface area (Å²) in [5.41, 5.74) is 5.83. The van der Waals surface area contributed by atoms with E-state index in [0.717, 1.165) is 0 Å². The highest BCUT2D eigenvalue weighted by Crippen LogP contribution is 2.41. The molecule has 7 nitrogen and oxygen atoms in total. The summed E-state index contributed by atoms with van der Waals surface area (Å²) >= 11 is 0. The highest BCUT2D eigenvalue weighted by molar-refractivity contribution is 5.92. The van der Waals surface area contributed by atoms with Gasteiger partial charge in [-0.15, -0.1) is 0 Å². The summed E-state index contributed by atoms with van der Waals surface area (Å²) in [6.45, 7) is 4.21. The predicted octanol–water partition coefficient (Wildman–Crippen LogP) is -0.368. The molecule has 7 heteroatoms. The SMILES string of the molecule is CC(C)CC1(CC(=O)NO)CCN(CC(N)=O)C1=O. The Bertz CT molecular complexity index is 383. The Labute approximate surface area is 112 Å². The van der Waals surface area contributed by atoms with Crippen molar-refractivity contribution in [3.05, 3.63) is 0 Å². The normalized spacial score (nSPS) is 22.9. The Kier molecular flexibility index (Phi) is 4.88. The Morgan fingerprint density at radius 3 is 2.63 bits per heavy atom. The largest absolute Gasteiger partial charge is 0.368 e. The molecule has 0 bridgehead atoms. The standard InChI is InChI=1S/C12H21N3O4/c1-8(2)5-12(6-10(17)14-19)3-4-15(11(12)18)7-9(13)16/h8,19H,3-7H2,1-2H3,(H2,13,16)(H,14,17). The van der Waals surface area contributed by atoms with Crippen molar-refractivity contribution in [2.75, 3.05) is 13.1 Å². The van der Waals surface area contributed by atoms with E-state index in [0.29, 0.717) is 19.4 Å². The van der Waals surface area contributed by atoms with Crippen LogP contribution in [0.15, 0.2) is 0 Å². The molecule has 0 saturated carbocycles. The molecule has 1 fully saturated rings. The molecular weight excluding hydrogens is 250 g/mol. The average Bonchev–Trinajstić information content (AvgIpc) is 2.57. The van der Waals surface area contributed by atoms with Gasteiger partial charge < -0.3 is 10.6 Å². The Morgan fingerprint density at radius 1 is 1.53 bits per heavy atom. The first kappa shape index (κ1) is 15.4. The van der Waals surface area contributed by atoms with Crippen LogP contribution in [0.4, 0.5) is 0 Å². The number of rotatable bonds is 6. The van der Waals surface area contributed by atoms with Gasteiger partial charge in [0.05, 0.1) is 12.0 Å². The van der Waals surface area contributed by atoms with Crippen molar-refractivity contribution in [1.82, 2.24) is 10.4 Å². The number of nitrogens with one attached hydrogen (secondary N) is 1. The minimum absolute atomic E-state index is 0.0736. The van der Waals surface area contributed by atoms with Crippen molar-refractivity contribution in [3.63, 3.8) is 0 Å². The maximum absolute atomic E-state index is 12.4. The van der Waals surface area contributed by atoms with Crippen LogP contribution in [0.25, 0.3) is 0 Å². The van der Waals surface area contributed by atoms with E-state index in [4.69, 9.17) is 10.9 Å². The fourth-order valence-electron chi connectivity index (χ4n) is 2.79. The zero-order valence-electron chi connectivity index (χ0n) is 11.3. The average molecular weight is 271 g/mol. The van der Waals surface area contributed by atoms with E-state index in [-0.39, 0.29) is 24.8 Å². The third-order valence-electron chi connectivity index (χ3n) is 3.37. The number of hydrogen-bond acceptors (Lipinski definition) is 4. The van der Waals surface area contributed by atoms with Crippen molar-refractivity contribution in [2.45, 2.75) is 33.1 Å². The highest BCUT2D eigenvalue weighted by Gasteiger charge is 2.48. The summed E-state index contributed by atoms with van der Waals surface area (Å²) in [5, 5.41) is 8.64. The Hall–Kier alpha value is -1.63. The summed E-state index contributed by atoms with van der Waals surface area (Å²) in [6.07, 6.45) is 0.953. The number of hydrogen-bond donors (Lipinski definition) is 3. The second kappa shape index (κ2) is 6.01. The number of carbonyl (C=O) groups is 3. The quantitative estimate of drug-likeness (QED) is 0.452. The molecule has 1 aliphatic heterocycles. The molecule has 1 saturated heterocycles. The molecule has 1 unspecified atom stereocenters. The fraction of sp³-hybridized carbons (Fsp3) is 0.750. The molecule has 0 aromatic rings. The molecule has 0 aromatic carbocycles. The second-order valence-electron chi connectivity index (χ2n) is 5.53. The van der Waals surface area contributed by atoms with Gasteiger partial charge in [0.1, 0.15) is 0 Å². The first-order chi connectivity index (χ1) is 8.80. The van der Waals surface area contributed by atoms with E-state index in [1.165, 1.54) is 4.90 Å². The van der Waals surface area contributed by atoms with Gasteiger partial charge in [0.2, 0.25) is 17.7 Å². The minimum Gasteiger partial charge on any atom is -0.368 e. The van der Waals surface area contributed by atoms with Crippen molar-refractivity contribution < 1.29 is 19.6 Å². The summed E-state index contributed by atoms with van der Waals surface area (Å²) in [6, 6.07) is 0. The molecule has 1 rings (SSSR count). The van der Waals surface area contributed by atoms with E-state index in [1.807, 2.05) is 13.8 Å². The van der Waals surface area contributed by atoms with Crippen LogP contribution in [0.3, 0.4) is 0 Å². The van der Waals surface area contributed by atoms with Crippen LogP contribution in [-0.4, -0.2) is 40.9 Å². The molecule has 0 radical (unpaired) electrons. The van der Waals surface area contributed by atoms with Gasteiger partial charge in [-0.05, 0) is 18.8 Å². The third kappa shape index (κ3) is 3.66. The number of likely N-dealkylation sites (tertiary alicyclic amines) is 1. The lowest BCUT2D eigenvalue weighted by Gasteiger charge is -2.28. The molecule has 1 heterocycles. The first-order valence-electron chi connectivity index (χ1n) is 6.31. The lowest BCUT2D eigenvalue weighted by atomic mass is 9.76. The van der Waals surface area contributed by atoms with Gasteiger partial charge in [0.25, 0.3) is 0 Å². The lowest BCUT2D eigenvalue weighted by Crippen LogP contribution is -2.42. The third-order valence-corrected chi connectivity index (χ3v) is 3.37. The first-order valence-corrected chi connectivity index (χ1v) is 6.31. The van der Waals surface area contributed by atoms with Crippen LogP contribution in [0.1, 0.15) is 33.1 Å². The smallest absolute Gasteiger partial charge is 0.244 e. The van der Waals surface area contributed by atoms with Gasteiger partial charge in [-0.25, -0.2) is 5.48 Å². The predicted molar refractivity (Wildman–Crippen MR) is 66.8 cm³/mol. The molecule has 3 amide bonds. The van der Waals surface area contributed by atoms with E-state index in [2.05, 4.69) is 0 Å². The molecule has 108 valence electrons. The van der Waals surface area contributed by atoms with Crippen LogP contribution < -0.4 is 11.2 Å².